The van der Waals surface area contributed by atoms with Crippen molar-refractivity contribution in [3.05, 3.63) is 218 Å². The van der Waals surface area contributed by atoms with E-state index >= 15 is 0 Å². The number of thiophene rings is 1. The van der Waals surface area contributed by atoms with E-state index in [0.717, 1.165) is 66.8 Å². The molecular formula is C58H36N2OS. The first-order valence-corrected chi connectivity index (χ1v) is 21.9. The molecule has 0 saturated heterocycles. The lowest BCUT2D eigenvalue weighted by atomic mass is 9.97. The van der Waals surface area contributed by atoms with Gasteiger partial charge in [-0.25, -0.2) is 0 Å². The van der Waals surface area contributed by atoms with Crippen molar-refractivity contribution in [3.63, 3.8) is 0 Å². The number of aromatic nitrogens is 1. The molecule has 4 heteroatoms. The normalized spacial score (nSPS) is 11.9. The van der Waals surface area contributed by atoms with E-state index in [1.165, 1.54) is 52.9 Å². The summed E-state index contributed by atoms with van der Waals surface area (Å²) in [6, 6.07) is 79.2. The van der Waals surface area contributed by atoms with Crippen LogP contribution >= 0.6 is 11.3 Å². The second-order valence-corrected chi connectivity index (χ2v) is 17.2. The van der Waals surface area contributed by atoms with Crippen LogP contribution in [0.5, 0.6) is 0 Å². The molecule has 0 amide bonds. The fraction of sp³-hybridized carbons (Fsp3) is 0. The minimum Gasteiger partial charge on any atom is -0.455 e. The maximum absolute atomic E-state index is 6.62. The van der Waals surface area contributed by atoms with Gasteiger partial charge in [0.2, 0.25) is 0 Å². The Bertz CT molecular complexity index is 3830. The van der Waals surface area contributed by atoms with Crippen LogP contribution in [0.4, 0.5) is 17.1 Å². The van der Waals surface area contributed by atoms with Gasteiger partial charge in [0.15, 0.2) is 0 Å². The first kappa shape index (κ1) is 34.9. The standard InChI is InChI=1S/C58H36N2OS/c1-2-17-46-38(12-1)28-32-50-57-45(21-11-24-54(57)61-58(46)50)40-14-10-15-42(35-40)59(44-31-33-56-51(36-44)49-20-5-8-25-55(49)62-56)41-29-26-37(27-30-41)39-13-9-16-43(34-39)60-52-22-6-3-18-47(52)48-19-4-7-23-53(48)60/h1-36H. The number of furan rings is 1. The zero-order valence-electron chi connectivity index (χ0n) is 33.5. The summed E-state index contributed by atoms with van der Waals surface area (Å²) in [4.78, 5) is 2.40. The van der Waals surface area contributed by atoms with Gasteiger partial charge in [0, 0.05) is 69.9 Å². The van der Waals surface area contributed by atoms with Crippen molar-refractivity contribution < 1.29 is 4.42 Å². The van der Waals surface area contributed by atoms with Crippen molar-refractivity contribution >= 4 is 103 Å². The van der Waals surface area contributed by atoms with Crippen molar-refractivity contribution in [2.24, 2.45) is 0 Å². The molecule has 290 valence electrons. The minimum absolute atomic E-state index is 0.892. The van der Waals surface area contributed by atoms with E-state index in [2.05, 4.69) is 228 Å². The van der Waals surface area contributed by atoms with Crippen molar-refractivity contribution in [2.75, 3.05) is 4.90 Å². The molecule has 3 nitrogen and oxygen atoms in total. The molecule has 0 aliphatic rings. The Morgan fingerprint density at radius 1 is 0.387 bits per heavy atom. The number of para-hydroxylation sites is 2. The molecule has 13 aromatic rings. The lowest BCUT2D eigenvalue weighted by Gasteiger charge is -2.26. The molecule has 13 rings (SSSR count). The molecule has 0 spiro atoms. The van der Waals surface area contributed by atoms with Crippen LogP contribution in [0, 0.1) is 0 Å². The van der Waals surface area contributed by atoms with Crippen LogP contribution < -0.4 is 4.90 Å². The molecule has 10 aromatic carbocycles. The summed E-state index contributed by atoms with van der Waals surface area (Å²) < 4.78 is 11.6. The molecule has 62 heavy (non-hydrogen) atoms. The van der Waals surface area contributed by atoms with Crippen LogP contribution in [0.25, 0.3) is 103 Å². The van der Waals surface area contributed by atoms with E-state index in [9.17, 15) is 0 Å². The van der Waals surface area contributed by atoms with Crippen LogP contribution in [-0.4, -0.2) is 4.57 Å². The zero-order chi connectivity index (χ0) is 40.7. The van der Waals surface area contributed by atoms with Crippen LogP contribution in [-0.2, 0) is 0 Å². The summed E-state index contributed by atoms with van der Waals surface area (Å²) in [5.41, 5.74) is 13.3. The Balaban J connectivity index is 0.947. The maximum Gasteiger partial charge on any atom is 0.143 e. The second kappa shape index (κ2) is 13.8. The van der Waals surface area contributed by atoms with Crippen molar-refractivity contribution in [1.29, 1.82) is 0 Å². The molecule has 3 heterocycles. The van der Waals surface area contributed by atoms with Gasteiger partial charge >= 0.3 is 0 Å². The van der Waals surface area contributed by atoms with Gasteiger partial charge in [0.25, 0.3) is 0 Å². The number of rotatable bonds is 6. The molecule has 0 aliphatic heterocycles. The maximum atomic E-state index is 6.62. The molecule has 0 radical (unpaired) electrons. The Labute approximate surface area is 361 Å². The number of hydrogen-bond donors (Lipinski definition) is 0. The Morgan fingerprint density at radius 2 is 1.05 bits per heavy atom. The lowest BCUT2D eigenvalue weighted by molar-refractivity contribution is 0.673. The van der Waals surface area contributed by atoms with Gasteiger partial charge in [-0.15, -0.1) is 11.3 Å². The van der Waals surface area contributed by atoms with E-state index in [4.69, 9.17) is 4.42 Å². The van der Waals surface area contributed by atoms with E-state index in [-0.39, 0.29) is 0 Å². The van der Waals surface area contributed by atoms with Crippen LogP contribution in [0.2, 0.25) is 0 Å². The summed E-state index contributed by atoms with van der Waals surface area (Å²) in [6.45, 7) is 0. The average molecular weight is 809 g/mol. The SMILES string of the molecule is c1cc(-c2cccc3oc4c5ccccc5ccc4c23)cc(N(c2ccc(-c3cccc(-n4c5ccccc5c5ccccc54)c3)cc2)c2ccc3sc4ccccc4c3c2)c1. The highest BCUT2D eigenvalue weighted by Gasteiger charge is 2.19. The van der Waals surface area contributed by atoms with E-state index in [1.807, 2.05) is 11.3 Å². The molecule has 0 atom stereocenters. The molecular weight excluding hydrogens is 773 g/mol. The third-order valence-electron chi connectivity index (χ3n) is 12.6. The number of fused-ring (bicyclic) bond motifs is 11. The largest absolute Gasteiger partial charge is 0.455 e. The van der Waals surface area contributed by atoms with Gasteiger partial charge in [0.1, 0.15) is 11.2 Å². The monoisotopic (exact) mass is 808 g/mol. The first-order valence-electron chi connectivity index (χ1n) is 21.1. The lowest BCUT2D eigenvalue weighted by Crippen LogP contribution is -2.10. The number of nitrogens with zero attached hydrogens (tertiary/aromatic N) is 2. The Morgan fingerprint density at radius 3 is 1.89 bits per heavy atom. The quantitative estimate of drug-likeness (QED) is 0.167. The molecule has 0 fully saturated rings. The van der Waals surface area contributed by atoms with Crippen LogP contribution in [0.3, 0.4) is 0 Å². The summed E-state index contributed by atoms with van der Waals surface area (Å²) in [6.07, 6.45) is 0. The number of benzene rings is 10. The number of anilines is 3. The molecule has 0 saturated carbocycles. The third kappa shape index (κ3) is 5.44. The zero-order valence-corrected chi connectivity index (χ0v) is 34.3. The Hall–Kier alpha value is -7.92. The van der Waals surface area contributed by atoms with Crippen molar-refractivity contribution in [2.45, 2.75) is 0 Å². The minimum atomic E-state index is 0.892. The fourth-order valence-electron chi connectivity index (χ4n) is 9.74. The van der Waals surface area contributed by atoms with Gasteiger partial charge in [0.05, 0.1) is 11.0 Å². The highest BCUT2D eigenvalue weighted by molar-refractivity contribution is 7.25. The summed E-state index contributed by atoms with van der Waals surface area (Å²) in [7, 11) is 0. The predicted molar refractivity (Wildman–Crippen MR) is 264 cm³/mol. The third-order valence-corrected chi connectivity index (χ3v) is 13.7. The topological polar surface area (TPSA) is 21.3 Å². The van der Waals surface area contributed by atoms with E-state index < -0.39 is 0 Å². The van der Waals surface area contributed by atoms with Crippen molar-refractivity contribution in [3.8, 4) is 27.9 Å². The van der Waals surface area contributed by atoms with E-state index in [0.29, 0.717) is 0 Å². The van der Waals surface area contributed by atoms with Gasteiger partial charge in [-0.05, 0) is 113 Å². The smallest absolute Gasteiger partial charge is 0.143 e. The molecule has 0 unspecified atom stereocenters. The van der Waals surface area contributed by atoms with Gasteiger partial charge in [-0.3, -0.25) is 0 Å². The molecule has 0 bridgehead atoms. The molecule has 0 N–H and O–H groups in total. The highest BCUT2D eigenvalue weighted by atomic mass is 32.1. The molecule has 0 aliphatic carbocycles. The van der Waals surface area contributed by atoms with Gasteiger partial charge in [-0.2, -0.15) is 0 Å². The first-order chi connectivity index (χ1) is 30.7. The molecule has 3 aromatic heterocycles. The summed E-state index contributed by atoms with van der Waals surface area (Å²) >= 11 is 1.85. The average Bonchev–Trinajstić information content (AvgIpc) is 4.02. The van der Waals surface area contributed by atoms with Crippen LogP contribution in [0.15, 0.2) is 223 Å². The fourth-order valence-corrected chi connectivity index (χ4v) is 10.8. The van der Waals surface area contributed by atoms with Gasteiger partial charge < -0.3 is 13.9 Å². The predicted octanol–water partition coefficient (Wildman–Crippen LogP) is 17.0. The van der Waals surface area contributed by atoms with Gasteiger partial charge in [-0.1, -0.05) is 133 Å². The van der Waals surface area contributed by atoms with E-state index in [1.54, 1.807) is 0 Å². The van der Waals surface area contributed by atoms with Crippen molar-refractivity contribution in [1.82, 2.24) is 4.57 Å². The van der Waals surface area contributed by atoms with Crippen LogP contribution in [0.1, 0.15) is 0 Å². The summed E-state index contributed by atoms with van der Waals surface area (Å²) in [5.74, 6) is 0. The Kier molecular flexibility index (Phi) is 7.78. The second-order valence-electron chi connectivity index (χ2n) is 16.1. The summed E-state index contributed by atoms with van der Waals surface area (Å²) in [5, 5.41) is 9.65. The number of hydrogen-bond acceptors (Lipinski definition) is 3. The highest BCUT2D eigenvalue weighted by Crippen LogP contribution is 2.44.